The molecular formula is C17H20N6O2S. The number of aromatic nitrogens is 4. The summed E-state index contributed by atoms with van der Waals surface area (Å²) >= 11 is 1.55. The molecule has 9 heteroatoms. The normalized spacial score (nSPS) is 17.1. The SMILES string of the molecule is Cn1ncc(N2CC[C@H](CNC(=O)Cc3cn4ccsc4n3)C2)cc1=O. The molecule has 1 atom stereocenters. The molecule has 1 aliphatic rings. The molecule has 4 heterocycles. The van der Waals surface area contributed by atoms with E-state index in [-0.39, 0.29) is 11.5 Å². The van der Waals surface area contributed by atoms with Gasteiger partial charge in [0.2, 0.25) is 5.91 Å². The molecule has 0 radical (unpaired) electrons. The van der Waals surface area contributed by atoms with E-state index in [2.05, 4.69) is 20.3 Å². The number of carbonyl (C=O) groups excluding carboxylic acids is 1. The number of thiazole rings is 1. The van der Waals surface area contributed by atoms with Crippen LogP contribution in [0.5, 0.6) is 0 Å². The molecule has 1 saturated heterocycles. The Morgan fingerprint density at radius 1 is 1.46 bits per heavy atom. The highest BCUT2D eigenvalue weighted by Crippen LogP contribution is 2.21. The number of hydrogen-bond acceptors (Lipinski definition) is 6. The third-order valence-corrected chi connectivity index (χ3v) is 5.45. The zero-order valence-corrected chi connectivity index (χ0v) is 15.3. The summed E-state index contributed by atoms with van der Waals surface area (Å²) < 4.78 is 3.25. The molecule has 26 heavy (non-hydrogen) atoms. The van der Waals surface area contributed by atoms with Gasteiger partial charge < -0.3 is 10.2 Å². The average Bonchev–Trinajstić information content (AvgIpc) is 3.31. The van der Waals surface area contributed by atoms with Crippen LogP contribution in [-0.2, 0) is 18.3 Å². The van der Waals surface area contributed by atoms with E-state index in [4.69, 9.17) is 0 Å². The van der Waals surface area contributed by atoms with E-state index in [0.717, 1.165) is 35.9 Å². The maximum Gasteiger partial charge on any atom is 0.268 e. The Morgan fingerprint density at radius 3 is 3.15 bits per heavy atom. The van der Waals surface area contributed by atoms with Crippen molar-refractivity contribution in [2.75, 3.05) is 24.5 Å². The van der Waals surface area contributed by atoms with Crippen LogP contribution in [-0.4, -0.2) is 44.7 Å². The minimum absolute atomic E-state index is 0.00977. The molecule has 0 spiro atoms. The second-order valence-electron chi connectivity index (χ2n) is 6.58. The van der Waals surface area contributed by atoms with Crippen molar-refractivity contribution >= 4 is 27.9 Å². The van der Waals surface area contributed by atoms with Crippen molar-refractivity contribution in [3.8, 4) is 0 Å². The lowest BCUT2D eigenvalue weighted by molar-refractivity contribution is -0.120. The lowest BCUT2D eigenvalue weighted by atomic mass is 10.1. The highest BCUT2D eigenvalue weighted by atomic mass is 32.1. The van der Waals surface area contributed by atoms with Crippen molar-refractivity contribution in [1.82, 2.24) is 24.5 Å². The number of fused-ring (bicyclic) bond motifs is 1. The second-order valence-corrected chi connectivity index (χ2v) is 7.46. The number of carbonyl (C=O) groups is 1. The molecule has 0 aliphatic carbocycles. The summed E-state index contributed by atoms with van der Waals surface area (Å²) in [6, 6.07) is 1.61. The van der Waals surface area contributed by atoms with Crippen molar-refractivity contribution in [1.29, 1.82) is 0 Å². The van der Waals surface area contributed by atoms with Crippen molar-refractivity contribution in [3.63, 3.8) is 0 Å². The summed E-state index contributed by atoms with van der Waals surface area (Å²) in [6.45, 7) is 2.32. The smallest absolute Gasteiger partial charge is 0.268 e. The maximum absolute atomic E-state index is 12.2. The number of nitrogens with zero attached hydrogens (tertiary/aromatic N) is 5. The number of hydrogen-bond donors (Lipinski definition) is 1. The number of rotatable bonds is 5. The van der Waals surface area contributed by atoms with Crippen LogP contribution in [0.3, 0.4) is 0 Å². The number of amides is 1. The van der Waals surface area contributed by atoms with Gasteiger partial charge in [-0.1, -0.05) is 0 Å². The Balaban J connectivity index is 1.28. The molecule has 1 amide bonds. The van der Waals surface area contributed by atoms with E-state index >= 15 is 0 Å². The predicted octanol–water partition coefficient (Wildman–Crippen LogP) is 0.675. The highest BCUT2D eigenvalue weighted by Gasteiger charge is 2.23. The Morgan fingerprint density at radius 2 is 2.35 bits per heavy atom. The lowest BCUT2D eigenvalue weighted by Crippen LogP contribution is -2.32. The van der Waals surface area contributed by atoms with Crippen molar-refractivity contribution in [2.24, 2.45) is 13.0 Å². The Kier molecular flexibility index (Phi) is 4.46. The van der Waals surface area contributed by atoms with E-state index in [0.29, 0.717) is 18.9 Å². The number of imidazole rings is 1. The molecule has 3 aromatic heterocycles. The van der Waals surface area contributed by atoms with Crippen LogP contribution in [0.2, 0.25) is 0 Å². The van der Waals surface area contributed by atoms with Crippen molar-refractivity contribution in [3.05, 3.63) is 46.1 Å². The molecule has 4 rings (SSSR count). The number of nitrogens with one attached hydrogen (secondary N) is 1. The summed E-state index contributed by atoms with van der Waals surface area (Å²) in [7, 11) is 1.64. The van der Waals surface area contributed by atoms with Gasteiger partial charge in [-0.2, -0.15) is 5.10 Å². The van der Waals surface area contributed by atoms with Gasteiger partial charge in [-0.25, -0.2) is 9.67 Å². The first-order valence-corrected chi connectivity index (χ1v) is 9.42. The molecule has 0 unspecified atom stereocenters. The van der Waals surface area contributed by atoms with Gasteiger partial charge >= 0.3 is 0 Å². The molecule has 3 aromatic rings. The Labute approximate surface area is 154 Å². The van der Waals surface area contributed by atoms with Gasteiger partial charge in [-0.15, -0.1) is 11.3 Å². The molecule has 8 nitrogen and oxygen atoms in total. The summed E-state index contributed by atoms with van der Waals surface area (Å²) in [5.74, 6) is 0.359. The van der Waals surface area contributed by atoms with Crippen LogP contribution in [0.25, 0.3) is 4.96 Å². The third-order valence-electron chi connectivity index (χ3n) is 4.68. The molecule has 136 valence electrons. The van der Waals surface area contributed by atoms with E-state index in [1.807, 2.05) is 22.2 Å². The monoisotopic (exact) mass is 372 g/mol. The summed E-state index contributed by atoms with van der Waals surface area (Å²) in [5.41, 5.74) is 1.52. The second kappa shape index (κ2) is 6.91. The number of aryl methyl sites for hydroxylation is 1. The van der Waals surface area contributed by atoms with Crippen molar-refractivity contribution in [2.45, 2.75) is 12.8 Å². The molecule has 1 fully saturated rings. The minimum Gasteiger partial charge on any atom is -0.370 e. The first-order chi connectivity index (χ1) is 12.6. The van der Waals surface area contributed by atoms with Gasteiger partial charge in [0.05, 0.1) is 24.0 Å². The first-order valence-electron chi connectivity index (χ1n) is 8.54. The Hall–Kier alpha value is -2.68. The zero-order chi connectivity index (χ0) is 18.1. The van der Waals surface area contributed by atoms with Gasteiger partial charge in [0.25, 0.3) is 5.56 Å². The van der Waals surface area contributed by atoms with E-state index in [1.165, 1.54) is 4.68 Å². The maximum atomic E-state index is 12.2. The van der Waals surface area contributed by atoms with Gasteiger partial charge in [0.15, 0.2) is 4.96 Å². The van der Waals surface area contributed by atoms with Crippen LogP contribution < -0.4 is 15.8 Å². The van der Waals surface area contributed by atoms with Crippen LogP contribution in [0.15, 0.2) is 34.8 Å². The zero-order valence-electron chi connectivity index (χ0n) is 14.5. The van der Waals surface area contributed by atoms with Crippen molar-refractivity contribution < 1.29 is 4.79 Å². The molecule has 0 bridgehead atoms. The first kappa shape index (κ1) is 16.8. The van der Waals surface area contributed by atoms with Crippen LogP contribution in [0.4, 0.5) is 5.69 Å². The Bertz CT molecular complexity index is 962. The standard InChI is InChI=1S/C17H20N6O2S/c1-21-16(25)7-14(9-19-21)22-3-2-12(10-22)8-18-15(24)6-13-11-23-4-5-26-17(23)20-13/h4-5,7,9,11-12H,2-3,6,8,10H2,1H3,(H,18,24)/t12-/m1/s1. The van der Waals surface area contributed by atoms with E-state index in [1.54, 1.807) is 30.6 Å². The molecule has 0 saturated carbocycles. The minimum atomic E-state index is -0.112. The predicted molar refractivity (Wildman–Crippen MR) is 99.6 cm³/mol. The van der Waals surface area contributed by atoms with Crippen LogP contribution in [0.1, 0.15) is 12.1 Å². The number of anilines is 1. The summed E-state index contributed by atoms with van der Waals surface area (Å²) in [5, 5.41) is 9.05. The molecule has 1 N–H and O–H groups in total. The highest BCUT2D eigenvalue weighted by molar-refractivity contribution is 7.15. The van der Waals surface area contributed by atoms with Gasteiger partial charge in [0, 0.05) is 50.5 Å². The topological polar surface area (TPSA) is 84.5 Å². The molecular weight excluding hydrogens is 352 g/mol. The van der Waals surface area contributed by atoms with Gasteiger partial charge in [-0.05, 0) is 12.3 Å². The average molecular weight is 372 g/mol. The largest absolute Gasteiger partial charge is 0.370 e. The fourth-order valence-electron chi connectivity index (χ4n) is 3.21. The lowest BCUT2D eigenvalue weighted by Gasteiger charge is -2.18. The fraction of sp³-hybridized carbons (Fsp3) is 0.412. The third kappa shape index (κ3) is 3.48. The molecule has 0 aromatic carbocycles. The van der Waals surface area contributed by atoms with Gasteiger partial charge in [-0.3, -0.25) is 14.0 Å². The summed E-state index contributed by atoms with van der Waals surface area (Å²) in [4.78, 5) is 31.4. The van der Waals surface area contributed by atoms with E-state index < -0.39 is 0 Å². The molecule has 1 aliphatic heterocycles. The van der Waals surface area contributed by atoms with Crippen LogP contribution in [0, 0.1) is 5.92 Å². The fourth-order valence-corrected chi connectivity index (χ4v) is 3.93. The van der Waals surface area contributed by atoms with Crippen LogP contribution >= 0.6 is 11.3 Å². The van der Waals surface area contributed by atoms with Gasteiger partial charge in [0.1, 0.15) is 0 Å². The van der Waals surface area contributed by atoms with E-state index in [9.17, 15) is 9.59 Å². The summed E-state index contributed by atoms with van der Waals surface area (Å²) in [6.07, 6.45) is 6.82. The quantitative estimate of drug-likeness (QED) is 0.712.